The third-order valence-electron chi connectivity index (χ3n) is 6.31. The first kappa shape index (κ1) is 18.4. The maximum atomic E-state index is 14.0. The molecule has 1 N–H and O–H groups in total. The van der Waals surface area contributed by atoms with Crippen molar-refractivity contribution >= 4 is 21.8 Å². The van der Waals surface area contributed by atoms with Crippen molar-refractivity contribution in [2.24, 2.45) is 0 Å². The molecular weight excluding hydrogens is 368 g/mol. The Labute approximate surface area is 168 Å². The number of piperidine rings is 1. The van der Waals surface area contributed by atoms with E-state index < -0.39 is 0 Å². The average Bonchev–Trinajstić information content (AvgIpc) is 3.34. The molecule has 0 aliphatic carbocycles. The largest absolute Gasteiger partial charge is 0.361 e. The molecule has 0 atom stereocenters. The van der Waals surface area contributed by atoms with Crippen LogP contribution in [0.1, 0.15) is 30.9 Å². The Balaban J connectivity index is 1.17. The van der Waals surface area contributed by atoms with Crippen LogP contribution in [0.25, 0.3) is 21.8 Å². The zero-order valence-corrected chi connectivity index (χ0v) is 16.4. The first-order chi connectivity index (χ1) is 14.2. The van der Waals surface area contributed by atoms with Gasteiger partial charge in [0.25, 0.3) is 0 Å². The zero-order valence-electron chi connectivity index (χ0n) is 16.4. The second-order valence-corrected chi connectivity index (χ2v) is 8.08. The maximum Gasteiger partial charge on any atom is 0.132 e. The summed E-state index contributed by atoms with van der Waals surface area (Å²) in [7, 11) is 0. The van der Waals surface area contributed by atoms with E-state index in [9.17, 15) is 8.78 Å². The fraction of sp³-hybridized carbons (Fsp3) is 0.333. The lowest BCUT2D eigenvalue weighted by atomic mass is 10.0. The quantitative estimate of drug-likeness (QED) is 0.464. The van der Waals surface area contributed by atoms with Crippen LogP contribution in [-0.4, -0.2) is 34.1 Å². The zero-order chi connectivity index (χ0) is 19.8. The van der Waals surface area contributed by atoms with Gasteiger partial charge >= 0.3 is 0 Å². The van der Waals surface area contributed by atoms with Gasteiger partial charge in [-0.25, -0.2) is 8.78 Å². The molecule has 1 aliphatic rings. The van der Waals surface area contributed by atoms with Crippen LogP contribution in [0.5, 0.6) is 0 Å². The maximum absolute atomic E-state index is 14.0. The van der Waals surface area contributed by atoms with Gasteiger partial charge in [-0.15, -0.1) is 0 Å². The number of H-pyrrole nitrogens is 1. The molecule has 1 fully saturated rings. The molecule has 0 radical (unpaired) electrons. The predicted octanol–water partition coefficient (Wildman–Crippen LogP) is 5.67. The van der Waals surface area contributed by atoms with Gasteiger partial charge in [-0.1, -0.05) is 6.07 Å². The van der Waals surface area contributed by atoms with Gasteiger partial charge in [0, 0.05) is 47.8 Å². The summed E-state index contributed by atoms with van der Waals surface area (Å²) in [5.41, 5.74) is 3.18. The summed E-state index contributed by atoms with van der Waals surface area (Å²) in [6, 6.07) is 12.6. The molecule has 3 heterocycles. The van der Waals surface area contributed by atoms with Gasteiger partial charge in [-0.3, -0.25) is 0 Å². The Morgan fingerprint density at radius 1 is 1.00 bits per heavy atom. The molecule has 5 heteroatoms. The second-order valence-electron chi connectivity index (χ2n) is 8.08. The number of nitrogens with one attached hydrogen (secondary N) is 1. The highest BCUT2D eigenvalue weighted by Crippen LogP contribution is 2.29. The molecule has 5 rings (SSSR count). The lowest BCUT2D eigenvalue weighted by Gasteiger charge is -2.33. The highest BCUT2D eigenvalue weighted by atomic mass is 19.1. The first-order valence-electron chi connectivity index (χ1n) is 10.4. The van der Waals surface area contributed by atoms with Crippen molar-refractivity contribution in [3.05, 3.63) is 72.1 Å². The minimum Gasteiger partial charge on any atom is -0.361 e. The van der Waals surface area contributed by atoms with Crippen LogP contribution < -0.4 is 0 Å². The van der Waals surface area contributed by atoms with E-state index in [0.29, 0.717) is 11.4 Å². The topological polar surface area (TPSA) is 24.0 Å². The first-order valence-corrected chi connectivity index (χ1v) is 10.4. The third-order valence-corrected chi connectivity index (χ3v) is 6.31. The average molecular weight is 393 g/mol. The summed E-state index contributed by atoms with van der Waals surface area (Å²) in [6.45, 7) is 3.17. The monoisotopic (exact) mass is 393 g/mol. The van der Waals surface area contributed by atoms with E-state index in [-0.39, 0.29) is 11.6 Å². The molecule has 3 nitrogen and oxygen atoms in total. The van der Waals surface area contributed by atoms with Crippen LogP contribution in [0.3, 0.4) is 0 Å². The number of fused-ring (bicyclic) bond motifs is 2. The molecule has 2 aromatic carbocycles. The number of hydrogen-bond donors (Lipinski definition) is 1. The number of rotatable bonds is 5. The van der Waals surface area contributed by atoms with E-state index in [4.69, 9.17) is 0 Å². The van der Waals surface area contributed by atoms with Crippen molar-refractivity contribution in [1.82, 2.24) is 14.5 Å². The fourth-order valence-corrected chi connectivity index (χ4v) is 4.74. The number of halogens is 2. The number of aryl methyl sites for hydroxylation is 1. The van der Waals surface area contributed by atoms with E-state index in [1.807, 2.05) is 24.5 Å². The number of aromatic amines is 1. The van der Waals surface area contributed by atoms with Gasteiger partial charge in [0.2, 0.25) is 0 Å². The van der Waals surface area contributed by atoms with Gasteiger partial charge in [-0.2, -0.15) is 0 Å². The minimum absolute atomic E-state index is 0.143. The Bertz CT molecular complexity index is 1130. The van der Waals surface area contributed by atoms with Crippen LogP contribution in [0.4, 0.5) is 8.78 Å². The van der Waals surface area contributed by atoms with E-state index in [2.05, 4.69) is 14.5 Å². The summed E-state index contributed by atoms with van der Waals surface area (Å²) >= 11 is 0. The normalized spacial score (nSPS) is 16.2. The Kier molecular flexibility index (Phi) is 4.84. The van der Waals surface area contributed by atoms with Crippen LogP contribution in [0.15, 0.2) is 54.9 Å². The molecule has 150 valence electrons. The van der Waals surface area contributed by atoms with Crippen molar-refractivity contribution in [2.45, 2.75) is 31.7 Å². The van der Waals surface area contributed by atoms with Gasteiger partial charge in [0.15, 0.2) is 0 Å². The van der Waals surface area contributed by atoms with Crippen molar-refractivity contribution in [2.75, 3.05) is 19.6 Å². The molecule has 1 saturated heterocycles. The summed E-state index contributed by atoms with van der Waals surface area (Å²) in [4.78, 5) is 5.75. The highest BCUT2D eigenvalue weighted by Gasteiger charge is 2.21. The summed E-state index contributed by atoms with van der Waals surface area (Å²) in [5, 5.41) is 1.71. The van der Waals surface area contributed by atoms with E-state index in [1.54, 1.807) is 18.2 Å². The molecule has 0 spiro atoms. The molecular formula is C24H25F2N3. The summed E-state index contributed by atoms with van der Waals surface area (Å²) in [6.07, 6.45) is 8.21. The smallest absolute Gasteiger partial charge is 0.132 e. The number of benzene rings is 2. The molecule has 4 aromatic rings. The number of aromatic nitrogens is 2. The molecule has 0 bridgehead atoms. The SMILES string of the molecule is Fc1ccc2[nH]cc(CCCN3CCC(n4ccc5c(F)cccc54)CC3)c2c1. The molecule has 2 aromatic heterocycles. The Morgan fingerprint density at radius 3 is 2.72 bits per heavy atom. The van der Waals surface area contributed by atoms with E-state index in [0.717, 1.165) is 61.7 Å². The number of hydrogen-bond acceptors (Lipinski definition) is 1. The predicted molar refractivity (Wildman–Crippen MR) is 113 cm³/mol. The molecule has 0 amide bonds. The second kappa shape index (κ2) is 7.64. The molecule has 29 heavy (non-hydrogen) atoms. The van der Waals surface area contributed by atoms with Crippen LogP contribution >= 0.6 is 0 Å². The van der Waals surface area contributed by atoms with Crippen molar-refractivity contribution in [3.63, 3.8) is 0 Å². The van der Waals surface area contributed by atoms with Crippen LogP contribution in [0.2, 0.25) is 0 Å². The lowest BCUT2D eigenvalue weighted by molar-refractivity contribution is 0.187. The standard InChI is InChI=1S/C24H25F2N3/c25-18-6-7-23-21(15-18)17(16-27-23)3-2-11-28-12-8-19(9-13-28)29-14-10-20-22(26)4-1-5-24(20)29/h1,4-7,10,14-16,19,27H,2-3,8-9,11-13H2. The Morgan fingerprint density at radius 2 is 1.86 bits per heavy atom. The van der Waals surface area contributed by atoms with E-state index >= 15 is 0 Å². The van der Waals surface area contributed by atoms with Crippen LogP contribution in [0, 0.1) is 11.6 Å². The summed E-state index contributed by atoms with van der Waals surface area (Å²) < 4.78 is 29.7. The molecule has 0 saturated carbocycles. The Hall–Kier alpha value is -2.66. The highest BCUT2D eigenvalue weighted by molar-refractivity contribution is 5.83. The fourth-order valence-electron chi connectivity index (χ4n) is 4.74. The lowest BCUT2D eigenvalue weighted by Crippen LogP contribution is -2.35. The van der Waals surface area contributed by atoms with Gasteiger partial charge < -0.3 is 14.5 Å². The van der Waals surface area contributed by atoms with Gasteiger partial charge in [0.1, 0.15) is 11.6 Å². The minimum atomic E-state index is -0.183. The van der Waals surface area contributed by atoms with Crippen molar-refractivity contribution < 1.29 is 8.78 Å². The third kappa shape index (κ3) is 3.55. The van der Waals surface area contributed by atoms with Gasteiger partial charge in [0.05, 0.1) is 5.52 Å². The van der Waals surface area contributed by atoms with Crippen molar-refractivity contribution in [1.29, 1.82) is 0 Å². The number of nitrogens with zero attached hydrogens (tertiary/aromatic N) is 2. The van der Waals surface area contributed by atoms with Crippen molar-refractivity contribution in [3.8, 4) is 0 Å². The molecule has 1 aliphatic heterocycles. The summed E-state index contributed by atoms with van der Waals surface area (Å²) in [5.74, 6) is -0.325. The van der Waals surface area contributed by atoms with E-state index in [1.165, 1.54) is 17.7 Å². The molecule has 0 unspecified atom stereocenters. The van der Waals surface area contributed by atoms with Gasteiger partial charge in [-0.05, 0) is 74.2 Å². The van der Waals surface area contributed by atoms with Crippen LogP contribution in [-0.2, 0) is 6.42 Å². The number of likely N-dealkylation sites (tertiary alicyclic amines) is 1.